The van der Waals surface area contributed by atoms with Gasteiger partial charge in [-0.25, -0.2) is 4.79 Å². The quantitative estimate of drug-likeness (QED) is 0.841. The number of para-hydroxylation sites is 1. The molecule has 0 radical (unpaired) electrons. The molecule has 110 valence electrons. The first-order valence-electron chi connectivity index (χ1n) is 6.43. The van der Waals surface area contributed by atoms with Crippen molar-refractivity contribution in [2.24, 2.45) is 5.73 Å². The van der Waals surface area contributed by atoms with E-state index >= 15 is 0 Å². The Kier molecular flexibility index (Phi) is 5.36. The standard InChI is InChI=1S/C16H16BrNO3/c1-20-16(19)12-7-5-11(6-8-12)10-21-15-13(9-18)3-2-4-14(15)17/h2-8H,9-10,18H2,1H3. The maximum absolute atomic E-state index is 11.4. The number of rotatable bonds is 5. The summed E-state index contributed by atoms with van der Waals surface area (Å²) in [4.78, 5) is 11.4. The average Bonchev–Trinajstić information content (AvgIpc) is 2.53. The third-order valence-electron chi connectivity index (χ3n) is 3.03. The first-order chi connectivity index (χ1) is 10.2. The fourth-order valence-electron chi connectivity index (χ4n) is 1.89. The maximum atomic E-state index is 11.4. The summed E-state index contributed by atoms with van der Waals surface area (Å²) in [6.45, 7) is 0.813. The van der Waals surface area contributed by atoms with Crippen LogP contribution in [0.15, 0.2) is 46.9 Å². The summed E-state index contributed by atoms with van der Waals surface area (Å²) in [6.07, 6.45) is 0. The molecule has 0 spiro atoms. The molecule has 5 heteroatoms. The zero-order valence-electron chi connectivity index (χ0n) is 11.6. The van der Waals surface area contributed by atoms with Crippen LogP contribution in [0.1, 0.15) is 21.5 Å². The Morgan fingerprint density at radius 2 is 1.90 bits per heavy atom. The van der Waals surface area contributed by atoms with Crippen LogP contribution in [0.3, 0.4) is 0 Å². The Morgan fingerprint density at radius 3 is 2.52 bits per heavy atom. The lowest BCUT2D eigenvalue weighted by Gasteiger charge is -2.12. The van der Waals surface area contributed by atoms with Crippen molar-refractivity contribution in [3.8, 4) is 5.75 Å². The third-order valence-corrected chi connectivity index (χ3v) is 3.65. The van der Waals surface area contributed by atoms with E-state index in [1.54, 1.807) is 12.1 Å². The van der Waals surface area contributed by atoms with Crippen LogP contribution in [0.2, 0.25) is 0 Å². The first-order valence-corrected chi connectivity index (χ1v) is 7.22. The van der Waals surface area contributed by atoms with Gasteiger partial charge in [0.25, 0.3) is 0 Å². The summed E-state index contributed by atoms with van der Waals surface area (Å²) >= 11 is 3.46. The van der Waals surface area contributed by atoms with Gasteiger partial charge in [0.1, 0.15) is 12.4 Å². The van der Waals surface area contributed by atoms with Gasteiger partial charge in [-0.1, -0.05) is 24.3 Å². The molecule has 2 aromatic rings. The molecule has 0 fully saturated rings. The van der Waals surface area contributed by atoms with Gasteiger partial charge in [-0.15, -0.1) is 0 Å². The number of methoxy groups -OCH3 is 1. The zero-order chi connectivity index (χ0) is 15.2. The van der Waals surface area contributed by atoms with Crippen LogP contribution in [0.4, 0.5) is 0 Å². The van der Waals surface area contributed by atoms with Crippen molar-refractivity contribution in [1.29, 1.82) is 0 Å². The Bertz CT molecular complexity index is 626. The van der Waals surface area contributed by atoms with Crippen LogP contribution in [0.25, 0.3) is 0 Å². The molecule has 2 rings (SSSR count). The highest BCUT2D eigenvalue weighted by molar-refractivity contribution is 9.10. The molecule has 0 unspecified atom stereocenters. The molecule has 0 atom stereocenters. The molecule has 0 bridgehead atoms. The molecular weight excluding hydrogens is 334 g/mol. The largest absolute Gasteiger partial charge is 0.487 e. The third kappa shape index (κ3) is 3.83. The van der Waals surface area contributed by atoms with E-state index in [1.807, 2.05) is 30.3 Å². The van der Waals surface area contributed by atoms with Gasteiger partial charge in [-0.05, 0) is 39.7 Å². The predicted octanol–water partition coefficient (Wildman–Crippen LogP) is 3.27. The number of carbonyl (C=O) groups excluding carboxylic acids is 1. The van der Waals surface area contributed by atoms with E-state index in [4.69, 9.17) is 10.5 Å². The number of carbonyl (C=O) groups is 1. The number of hydrogen-bond acceptors (Lipinski definition) is 4. The van der Waals surface area contributed by atoms with Crippen molar-refractivity contribution in [3.63, 3.8) is 0 Å². The SMILES string of the molecule is COC(=O)c1ccc(COc2c(Br)cccc2CN)cc1. The van der Waals surface area contributed by atoms with Gasteiger partial charge in [0.2, 0.25) is 0 Å². The number of benzene rings is 2. The summed E-state index contributed by atoms with van der Waals surface area (Å²) in [6, 6.07) is 12.9. The van der Waals surface area contributed by atoms with E-state index in [2.05, 4.69) is 20.7 Å². The fourth-order valence-corrected chi connectivity index (χ4v) is 2.41. The van der Waals surface area contributed by atoms with Crippen LogP contribution in [0, 0.1) is 0 Å². The molecule has 0 aliphatic carbocycles. The summed E-state index contributed by atoms with van der Waals surface area (Å²) in [5.74, 6) is 0.399. The highest BCUT2D eigenvalue weighted by atomic mass is 79.9. The minimum Gasteiger partial charge on any atom is -0.487 e. The van der Waals surface area contributed by atoms with Gasteiger partial charge in [-0.2, -0.15) is 0 Å². The minimum absolute atomic E-state index is 0.348. The Morgan fingerprint density at radius 1 is 1.19 bits per heavy atom. The summed E-state index contributed by atoms with van der Waals surface area (Å²) in [5, 5.41) is 0. The van der Waals surface area contributed by atoms with E-state index in [0.29, 0.717) is 18.7 Å². The molecule has 2 N–H and O–H groups in total. The highest BCUT2D eigenvalue weighted by Crippen LogP contribution is 2.29. The first kappa shape index (κ1) is 15.5. The molecule has 2 aromatic carbocycles. The number of halogens is 1. The summed E-state index contributed by atoms with van der Waals surface area (Å²) < 4.78 is 11.4. The number of hydrogen-bond donors (Lipinski definition) is 1. The van der Waals surface area contributed by atoms with E-state index in [1.165, 1.54) is 7.11 Å². The minimum atomic E-state index is -0.348. The lowest BCUT2D eigenvalue weighted by Crippen LogP contribution is -2.04. The van der Waals surface area contributed by atoms with Crippen LogP contribution in [-0.4, -0.2) is 13.1 Å². The number of ether oxygens (including phenoxy) is 2. The topological polar surface area (TPSA) is 61.5 Å². The lowest BCUT2D eigenvalue weighted by atomic mass is 10.1. The zero-order valence-corrected chi connectivity index (χ0v) is 13.2. The van der Waals surface area contributed by atoms with Gasteiger partial charge >= 0.3 is 5.97 Å². The second-order valence-electron chi connectivity index (χ2n) is 4.41. The van der Waals surface area contributed by atoms with Crippen LogP contribution >= 0.6 is 15.9 Å². The Hall–Kier alpha value is -1.85. The Balaban J connectivity index is 2.08. The van der Waals surface area contributed by atoms with Gasteiger partial charge in [-0.3, -0.25) is 0 Å². The molecule has 0 saturated carbocycles. The highest BCUT2D eigenvalue weighted by Gasteiger charge is 2.08. The molecule has 0 aliphatic heterocycles. The van der Waals surface area contributed by atoms with Crippen molar-refractivity contribution in [3.05, 3.63) is 63.6 Å². The van der Waals surface area contributed by atoms with Crippen molar-refractivity contribution in [2.75, 3.05) is 7.11 Å². The molecule has 0 saturated heterocycles. The van der Waals surface area contributed by atoms with E-state index in [-0.39, 0.29) is 5.97 Å². The lowest BCUT2D eigenvalue weighted by molar-refractivity contribution is 0.0600. The molecule has 0 aromatic heterocycles. The molecule has 0 amide bonds. The smallest absolute Gasteiger partial charge is 0.337 e. The Labute approximate surface area is 132 Å². The van der Waals surface area contributed by atoms with Gasteiger partial charge in [0, 0.05) is 12.1 Å². The average molecular weight is 350 g/mol. The van der Waals surface area contributed by atoms with Gasteiger partial charge in [0.15, 0.2) is 0 Å². The molecular formula is C16H16BrNO3. The second kappa shape index (κ2) is 7.24. The summed E-state index contributed by atoms with van der Waals surface area (Å²) in [5.41, 5.74) is 8.12. The van der Waals surface area contributed by atoms with Gasteiger partial charge < -0.3 is 15.2 Å². The fraction of sp³-hybridized carbons (Fsp3) is 0.188. The summed E-state index contributed by atoms with van der Waals surface area (Å²) in [7, 11) is 1.36. The van der Waals surface area contributed by atoms with Crippen molar-refractivity contribution in [2.45, 2.75) is 13.2 Å². The number of esters is 1. The van der Waals surface area contributed by atoms with Crippen molar-refractivity contribution < 1.29 is 14.3 Å². The molecule has 4 nitrogen and oxygen atoms in total. The van der Waals surface area contributed by atoms with Crippen molar-refractivity contribution >= 4 is 21.9 Å². The monoisotopic (exact) mass is 349 g/mol. The molecule has 0 heterocycles. The van der Waals surface area contributed by atoms with Crippen LogP contribution in [-0.2, 0) is 17.9 Å². The van der Waals surface area contributed by atoms with Crippen molar-refractivity contribution in [1.82, 2.24) is 0 Å². The molecule has 0 aliphatic rings. The predicted molar refractivity (Wildman–Crippen MR) is 84.1 cm³/mol. The van der Waals surface area contributed by atoms with E-state index in [0.717, 1.165) is 21.3 Å². The van der Waals surface area contributed by atoms with E-state index < -0.39 is 0 Å². The normalized spacial score (nSPS) is 10.2. The van der Waals surface area contributed by atoms with E-state index in [9.17, 15) is 4.79 Å². The van der Waals surface area contributed by atoms with Crippen LogP contribution in [0.5, 0.6) is 5.75 Å². The number of nitrogens with two attached hydrogens (primary N) is 1. The molecule has 21 heavy (non-hydrogen) atoms. The van der Waals surface area contributed by atoms with Crippen LogP contribution < -0.4 is 10.5 Å². The van der Waals surface area contributed by atoms with Gasteiger partial charge in [0.05, 0.1) is 17.1 Å². The second-order valence-corrected chi connectivity index (χ2v) is 5.26. The maximum Gasteiger partial charge on any atom is 0.337 e.